The maximum absolute atomic E-state index is 12.5. The van der Waals surface area contributed by atoms with Crippen molar-refractivity contribution in [3.8, 4) is 5.75 Å². The van der Waals surface area contributed by atoms with Gasteiger partial charge in [0.2, 0.25) is 15.9 Å². The van der Waals surface area contributed by atoms with Gasteiger partial charge in [0.25, 0.3) is 0 Å². The smallest absolute Gasteiger partial charge is 0.241 e. The standard InChI is InChI=1S/C21H28N2O4S/c1-5-18-8-6-7-9-20(18)23(28(4,25)26)14-21(24)22-17(3)15-27-19-12-10-16(2)11-13-19/h6-13,17H,5,14-15H2,1-4H3,(H,22,24)/t17-/m0/s1. The largest absolute Gasteiger partial charge is 0.491 e. The molecule has 152 valence electrons. The summed E-state index contributed by atoms with van der Waals surface area (Å²) in [5, 5.41) is 2.80. The number of ether oxygens (including phenoxy) is 1. The van der Waals surface area contributed by atoms with Gasteiger partial charge in [-0.2, -0.15) is 0 Å². The molecule has 0 aliphatic heterocycles. The minimum absolute atomic E-state index is 0.267. The Kier molecular flexibility index (Phi) is 7.45. The summed E-state index contributed by atoms with van der Waals surface area (Å²) in [5.74, 6) is 0.345. The minimum atomic E-state index is -3.60. The van der Waals surface area contributed by atoms with Gasteiger partial charge in [-0.25, -0.2) is 8.42 Å². The van der Waals surface area contributed by atoms with Gasteiger partial charge < -0.3 is 10.1 Å². The zero-order valence-electron chi connectivity index (χ0n) is 16.8. The first-order valence-electron chi connectivity index (χ1n) is 9.25. The van der Waals surface area contributed by atoms with Crippen molar-refractivity contribution in [2.45, 2.75) is 33.2 Å². The summed E-state index contributed by atoms with van der Waals surface area (Å²) in [6.07, 6.45) is 1.78. The van der Waals surface area contributed by atoms with E-state index in [0.717, 1.165) is 27.4 Å². The van der Waals surface area contributed by atoms with E-state index in [-0.39, 0.29) is 18.5 Å². The number of benzene rings is 2. The number of amides is 1. The molecule has 0 aromatic heterocycles. The van der Waals surface area contributed by atoms with Crippen LogP contribution in [0, 0.1) is 6.92 Å². The average molecular weight is 405 g/mol. The fourth-order valence-electron chi connectivity index (χ4n) is 2.78. The van der Waals surface area contributed by atoms with Gasteiger partial charge >= 0.3 is 0 Å². The van der Waals surface area contributed by atoms with Gasteiger partial charge in [-0.05, 0) is 44.0 Å². The number of carbonyl (C=O) groups excluding carboxylic acids is 1. The van der Waals surface area contributed by atoms with Gasteiger partial charge in [0.15, 0.2) is 0 Å². The lowest BCUT2D eigenvalue weighted by Gasteiger charge is -2.25. The number of hydrogen-bond acceptors (Lipinski definition) is 4. The molecule has 0 spiro atoms. The van der Waals surface area contributed by atoms with Crippen LogP contribution in [0.1, 0.15) is 25.0 Å². The van der Waals surface area contributed by atoms with Crippen molar-refractivity contribution >= 4 is 21.6 Å². The predicted molar refractivity (Wildman–Crippen MR) is 112 cm³/mol. The highest BCUT2D eigenvalue weighted by Gasteiger charge is 2.23. The quantitative estimate of drug-likeness (QED) is 0.697. The van der Waals surface area contributed by atoms with Crippen LogP contribution >= 0.6 is 0 Å². The Labute approximate surface area is 167 Å². The number of nitrogens with zero attached hydrogens (tertiary/aromatic N) is 1. The fraction of sp³-hybridized carbons (Fsp3) is 0.381. The lowest BCUT2D eigenvalue weighted by atomic mass is 10.1. The summed E-state index contributed by atoms with van der Waals surface area (Å²) in [5.41, 5.74) is 2.55. The number of hydrogen-bond donors (Lipinski definition) is 1. The number of rotatable bonds is 9. The van der Waals surface area contributed by atoms with Gasteiger partial charge in [0.1, 0.15) is 18.9 Å². The van der Waals surface area contributed by atoms with Crippen LogP contribution in [0.5, 0.6) is 5.75 Å². The third-order valence-electron chi connectivity index (χ3n) is 4.26. The fourth-order valence-corrected chi connectivity index (χ4v) is 3.67. The molecule has 0 aliphatic rings. The monoisotopic (exact) mass is 404 g/mol. The molecule has 0 fully saturated rings. The molecule has 0 aliphatic carbocycles. The molecule has 2 aromatic rings. The molecule has 0 bridgehead atoms. The molecule has 1 atom stereocenters. The average Bonchev–Trinajstić information content (AvgIpc) is 2.65. The summed E-state index contributed by atoms with van der Waals surface area (Å²) >= 11 is 0. The van der Waals surface area contributed by atoms with Crippen LogP contribution in [0.2, 0.25) is 0 Å². The van der Waals surface area contributed by atoms with Crippen LogP contribution in [-0.2, 0) is 21.2 Å². The highest BCUT2D eigenvalue weighted by molar-refractivity contribution is 7.92. The van der Waals surface area contributed by atoms with Crippen molar-refractivity contribution in [3.63, 3.8) is 0 Å². The summed E-state index contributed by atoms with van der Waals surface area (Å²) < 4.78 is 31.4. The van der Waals surface area contributed by atoms with Crippen molar-refractivity contribution in [2.75, 3.05) is 23.7 Å². The number of carbonyl (C=O) groups is 1. The van der Waals surface area contributed by atoms with E-state index in [1.54, 1.807) is 12.1 Å². The van der Waals surface area contributed by atoms with Gasteiger partial charge in [-0.15, -0.1) is 0 Å². The van der Waals surface area contributed by atoms with Crippen molar-refractivity contribution in [1.82, 2.24) is 5.32 Å². The van der Waals surface area contributed by atoms with E-state index in [0.29, 0.717) is 18.7 Å². The minimum Gasteiger partial charge on any atom is -0.491 e. The number of anilines is 1. The highest BCUT2D eigenvalue weighted by Crippen LogP contribution is 2.23. The van der Waals surface area contributed by atoms with E-state index in [9.17, 15) is 13.2 Å². The molecular formula is C21H28N2O4S. The molecule has 7 heteroatoms. The molecule has 0 radical (unpaired) electrons. The molecule has 2 rings (SSSR count). The summed E-state index contributed by atoms with van der Waals surface area (Å²) in [6.45, 7) is 5.78. The molecule has 28 heavy (non-hydrogen) atoms. The Bertz CT molecular complexity index is 895. The summed E-state index contributed by atoms with van der Waals surface area (Å²) in [4.78, 5) is 12.5. The van der Waals surface area contributed by atoms with Gasteiger partial charge in [0.05, 0.1) is 18.0 Å². The van der Waals surface area contributed by atoms with E-state index in [2.05, 4.69) is 5.32 Å². The lowest BCUT2D eigenvalue weighted by Crippen LogP contribution is -2.45. The highest BCUT2D eigenvalue weighted by atomic mass is 32.2. The Morgan fingerprint density at radius 1 is 1.14 bits per heavy atom. The van der Waals surface area contributed by atoms with Gasteiger partial charge in [0, 0.05) is 0 Å². The lowest BCUT2D eigenvalue weighted by molar-refractivity contribution is -0.120. The Balaban J connectivity index is 2.00. The van der Waals surface area contributed by atoms with E-state index in [4.69, 9.17) is 4.74 Å². The van der Waals surface area contributed by atoms with Crippen LogP contribution in [0.15, 0.2) is 48.5 Å². The number of nitrogens with one attached hydrogen (secondary N) is 1. The molecule has 2 aromatic carbocycles. The number of para-hydroxylation sites is 1. The Hall–Kier alpha value is -2.54. The first-order valence-corrected chi connectivity index (χ1v) is 11.1. The van der Waals surface area contributed by atoms with Crippen LogP contribution in [-0.4, -0.2) is 39.8 Å². The normalized spacial score (nSPS) is 12.3. The second-order valence-electron chi connectivity index (χ2n) is 6.84. The molecule has 1 amide bonds. The van der Waals surface area contributed by atoms with Crippen molar-refractivity contribution in [3.05, 3.63) is 59.7 Å². The molecule has 0 heterocycles. The van der Waals surface area contributed by atoms with Crippen LogP contribution < -0.4 is 14.4 Å². The van der Waals surface area contributed by atoms with Gasteiger partial charge in [-0.1, -0.05) is 42.8 Å². The van der Waals surface area contributed by atoms with Crippen molar-refractivity contribution in [2.24, 2.45) is 0 Å². The molecule has 0 saturated heterocycles. The first-order chi connectivity index (χ1) is 13.2. The zero-order valence-corrected chi connectivity index (χ0v) is 17.6. The Morgan fingerprint density at radius 2 is 1.79 bits per heavy atom. The van der Waals surface area contributed by atoms with E-state index in [1.165, 1.54) is 0 Å². The summed E-state index contributed by atoms with van der Waals surface area (Å²) in [6, 6.07) is 14.6. The molecule has 6 nitrogen and oxygen atoms in total. The second-order valence-corrected chi connectivity index (χ2v) is 8.75. The molecule has 1 N–H and O–H groups in total. The SMILES string of the molecule is CCc1ccccc1N(CC(=O)N[C@@H](C)COc1ccc(C)cc1)S(C)(=O)=O. The van der Waals surface area contributed by atoms with Crippen LogP contribution in [0.4, 0.5) is 5.69 Å². The van der Waals surface area contributed by atoms with Crippen LogP contribution in [0.3, 0.4) is 0 Å². The molecule has 0 saturated carbocycles. The van der Waals surface area contributed by atoms with Crippen molar-refractivity contribution in [1.29, 1.82) is 0 Å². The Morgan fingerprint density at radius 3 is 2.39 bits per heavy atom. The molecule has 0 unspecified atom stereocenters. The predicted octanol–water partition coefficient (Wildman–Crippen LogP) is 2.91. The van der Waals surface area contributed by atoms with E-state index >= 15 is 0 Å². The maximum Gasteiger partial charge on any atom is 0.241 e. The topological polar surface area (TPSA) is 75.7 Å². The van der Waals surface area contributed by atoms with Crippen LogP contribution in [0.25, 0.3) is 0 Å². The molecular weight excluding hydrogens is 376 g/mol. The second kappa shape index (κ2) is 9.59. The first kappa shape index (κ1) is 21.8. The third kappa shape index (κ3) is 6.27. The van der Waals surface area contributed by atoms with E-state index < -0.39 is 10.0 Å². The number of aryl methyl sites for hydroxylation is 2. The van der Waals surface area contributed by atoms with Gasteiger partial charge in [-0.3, -0.25) is 9.10 Å². The summed E-state index contributed by atoms with van der Waals surface area (Å²) in [7, 11) is -3.60. The number of sulfonamides is 1. The van der Waals surface area contributed by atoms with Crippen molar-refractivity contribution < 1.29 is 17.9 Å². The zero-order chi connectivity index (χ0) is 20.7. The maximum atomic E-state index is 12.5. The van der Waals surface area contributed by atoms with E-state index in [1.807, 2.05) is 57.2 Å². The third-order valence-corrected chi connectivity index (χ3v) is 5.38.